The van der Waals surface area contributed by atoms with Gasteiger partial charge in [-0.1, -0.05) is 0 Å². The van der Waals surface area contributed by atoms with Crippen LogP contribution >= 0.6 is 0 Å². The zero-order valence-electron chi connectivity index (χ0n) is 9.57. The molecule has 2 rings (SSSR count). The Bertz CT molecular complexity index is 305. The Hall–Kier alpha value is -0.800. The molecule has 3 heteroatoms. The van der Waals surface area contributed by atoms with Crippen LogP contribution in [0, 0.1) is 0 Å². The molecule has 1 fully saturated rings. The second-order valence-electron chi connectivity index (χ2n) is 5.07. The molecule has 1 unspecified atom stereocenters. The van der Waals surface area contributed by atoms with Gasteiger partial charge in [0.1, 0.15) is 5.76 Å². The van der Waals surface area contributed by atoms with Gasteiger partial charge >= 0.3 is 0 Å². The van der Waals surface area contributed by atoms with Crippen LogP contribution in [0.5, 0.6) is 0 Å². The first-order valence-corrected chi connectivity index (χ1v) is 5.61. The summed E-state index contributed by atoms with van der Waals surface area (Å²) in [5.41, 5.74) is 6.24. The summed E-state index contributed by atoms with van der Waals surface area (Å²) in [7, 11) is 0. The van der Waals surface area contributed by atoms with Crippen LogP contribution in [0.4, 0.5) is 0 Å². The molecular weight excluding hydrogens is 188 g/mol. The monoisotopic (exact) mass is 208 g/mol. The fraction of sp³-hybridized carbons (Fsp3) is 0.667. The number of nitrogens with two attached hydrogens (primary N) is 1. The van der Waals surface area contributed by atoms with E-state index in [0.717, 1.165) is 31.7 Å². The Morgan fingerprint density at radius 3 is 3.07 bits per heavy atom. The van der Waals surface area contributed by atoms with E-state index in [4.69, 9.17) is 10.2 Å². The first kappa shape index (κ1) is 10.7. The first-order chi connectivity index (χ1) is 7.08. The van der Waals surface area contributed by atoms with Crippen LogP contribution in [0.1, 0.15) is 32.4 Å². The summed E-state index contributed by atoms with van der Waals surface area (Å²) in [6.45, 7) is 6.39. The van der Waals surface area contributed by atoms with Crippen molar-refractivity contribution in [1.29, 1.82) is 0 Å². The molecule has 1 aliphatic heterocycles. The maximum Gasteiger partial charge on any atom is 0.117 e. The Kier molecular flexibility index (Phi) is 2.85. The lowest BCUT2D eigenvalue weighted by Gasteiger charge is -2.44. The van der Waals surface area contributed by atoms with Crippen LogP contribution in [0.25, 0.3) is 0 Å². The van der Waals surface area contributed by atoms with Crippen LogP contribution < -0.4 is 5.73 Å². The van der Waals surface area contributed by atoms with Gasteiger partial charge in [-0.25, -0.2) is 0 Å². The smallest absolute Gasteiger partial charge is 0.117 e. The molecule has 1 saturated heterocycles. The van der Waals surface area contributed by atoms with Crippen LogP contribution in [0.2, 0.25) is 0 Å². The van der Waals surface area contributed by atoms with E-state index in [1.807, 2.05) is 12.1 Å². The minimum absolute atomic E-state index is 0.239. The average molecular weight is 208 g/mol. The SMILES string of the molecule is CC1(C)CCC(N)CN1Cc1ccco1. The number of hydrogen-bond acceptors (Lipinski definition) is 3. The molecule has 2 heterocycles. The van der Waals surface area contributed by atoms with Gasteiger partial charge in [0.25, 0.3) is 0 Å². The number of hydrogen-bond donors (Lipinski definition) is 1. The van der Waals surface area contributed by atoms with E-state index in [9.17, 15) is 0 Å². The molecule has 3 nitrogen and oxygen atoms in total. The largest absolute Gasteiger partial charge is 0.468 e. The van der Waals surface area contributed by atoms with Gasteiger partial charge in [0, 0.05) is 18.1 Å². The van der Waals surface area contributed by atoms with E-state index in [1.165, 1.54) is 0 Å². The third-order valence-corrected chi connectivity index (χ3v) is 3.36. The molecule has 1 aromatic rings. The summed E-state index contributed by atoms with van der Waals surface area (Å²) in [5, 5.41) is 0. The van der Waals surface area contributed by atoms with Gasteiger partial charge in [-0.2, -0.15) is 0 Å². The van der Waals surface area contributed by atoms with Crippen molar-refractivity contribution in [3.05, 3.63) is 24.2 Å². The molecule has 0 radical (unpaired) electrons. The Balaban J connectivity index is 2.05. The standard InChI is InChI=1S/C12H20N2O/c1-12(2)6-5-10(13)8-14(12)9-11-4-3-7-15-11/h3-4,7,10H,5-6,8-9,13H2,1-2H3. The molecule has 2 N–H and O–H groups in total. The van der Waals surface area contributed by atoms with Gasteiger partial charge < -0.3 is 10.2 Å². The van der Waals surface area contributed by atoms with E-state index >= 15 is 0 Å². The third-order valence-electron chi connectivity index (χ3n) is 3.36. The topological polar surface area (TPSA) is 42.4 Å². The van der Waals surface area contributed by atoms with Gasteiger partial charge in [-0.15, -0.1) is 0 Å². The fourth-order valence-corrected chi connectivity index (χ4v) is 2.19. The number of furan rings is 1. The number of piperidine rings is 1. The number of rotatable bonds is 2. The van der Waals surface area contributed by atoms with Crippen molar-refractivity contribution in [2.45, 2.75) is 44.8 Å². The first-order valence-electron chi connectivity index (χ1n) is 5.61. The van der Waals surface area contributed by atoms with Crippen molar-refractivity contribution in [2.75, 3.05) is 6.54 Å². The van der Waals surface area contributed by atoms with Gasteiger partial charge in [-0.05, 0) is 38.8 Å². The van der Waals surface area contributed by atoms with Crippen molar-refractivity contribution in [2.24, 2.45) is 5.73 Å². The van der Waals surface area contributed by atoms with Crippen molar-refractivity contribution in [1.82, 2.24) is 4.90 Å². The quantitative estimate of drug-likeness (QED) is 0.808. The molecule has 0 amide bonds. The van der Waals surface area contributed by atoms with Gasteiger partial charge in [0.05, 0.1) is 12.8 Å². The molecular formula is C12H20N2O. The predicted octanol–water partition coefficient (Wildman–Crippen LogP) is 1.98. The van der Waals surface area contributed by atoms with Gasteiger partial charge in [-0.3, -0.25) is 4.90 Å². The Morgan fingerprint density at radius 1 is 1.60 bits per heavy atom. The third kappa shape index (κ3) is 2.41. The predicted molar refractivity (Wildman–Crippen MR) is 60.4 cm³/mol. The van der Waals surface area contributed by atoms with Crippen molar-refractivity contribution in [3.8, 4) is 0 Å². The average Bonchev–Trinajstić information content (AvgIpc) is 2.65. The zero-order valence-corrected chi connectivity index (χ0v) is 9.57. The lowest BCUT2D eigenvalue weighted by Crippen LogP contribution is -2.53. The van der Waals surface area contributed by atoms with Crippen molar-refractivity contribution in [3.63, 3.8) is 0 Å². The molecule has 0 aromatic carbocycles. The molecule has 0 bridgehead atoms. The van der Waals surface area contributed by atoms with Gasteiger partial charge in [0.2, 0.25) is 0 Å². The Labute approximate surface area is 91.2 Å². The Morgan fingerprint density at radius 2 is 2.40 bits per heavy atom. The minimum atomic E-state index is 0.239. The summed E-state index contributed by atoms with van der Waals surface area (Å²) >= 11 is 0. The summed E-state index contributed by atoms with van der Waals surface area (Å²) in [6, 6.07) is 4.27. The molecule has 1 aliphatic rings. The van der Waals surface area contributed by atoms with E-state index in [2.05, 4.69) is 18.7 Å². The summed E-state index contributed by atoms with van der Waals surface area (Å²) in [6.07, 6.45) is 4.02. The van der Waals surface area contributed by atoms with Crippen molar-refractivity contribution >= 4 is 0 Å². The molecule has 84 valence electrons. The van der Waals surface area contributed by atoms with E-state index in [1.54, 1.807) is 6.26 Å². The van der Waals surface area contributed by atoms with Crippen LogP contribution in [0.3, 0.4) is 0 Å². The summed E-state index contributed by atoms with van der Waals surface area (Å²) in [4.78, 5) is 2.42. The molecule has 0 spiro atoms. The number of likely N-dealkylation sites (tertiary alicyclic amines) is 1. The second kappa shape index (κ2) is 3.99. The maximum atomic E-state index is 6.00. The second-order valence-corrected chi connectivity index (χ2v) is 5.07. The number of nitrogens with zero attached hydrogens (tertiary/aromatic N) is 1. The molecule has 0 aliphatic carbocycles. The highest BCUT2D eigenvalue weighted by Crippen LogP contribution is 2.28. The van der Waals surface area contributed by atoms with E-state index in [0.29, 0.717) is 6.04 Å². The summed E-state index contributed by atoms with van der Waals surface area (Å²) < 4.78 is 5.38. The highest BCUT2D eigenvalue weighted by Gasteiger charge is 2.33. The lowest BCUT2D eigenvalue weighted by molar-refractivity contribution is 0.0522. The van der Waals surface area contributed by atoms with Crippen LogP contribution in [-0.4, -0.2) is 23.0 Å². The van der Waals surface area contributed by atoms with Crippen molar-refractivity contribution < 1.29 is 4.42 Å². The zero-order chi connectivity index (χ0) is 10.9. The van der Waals surface area contributed by atoms with Crippen LogP contribution in [0.15, 0.2) is 22.8 Å². The normalized spacial score (nSPS) is 26.7. The lowest BCUT2D eigenvalue weighted by atomic mass is 9.88. The fourth-order valence-electron chi connectivity index (χ4n) is 2.19. The highest BCUT2D eigenvalue weighted by atomic mass is 16.3. The highest BCUT2D eigenvalue weighted by molar-refractivity contribution is 5.01. The van der Waals surface area contributed by atoms with E-state index < -0.39 is 0 Å². The molecule has 1 aromatic heterocycles. The molecule has 1 atom stereocenters. The molecule has 15 heavy (non-hydrogen) atoms. The minimum Gasteiger partial charge on any atom is -0.468 e. The maximum absolute atomic E-state index is 6.00. The van der Waals surface area contributed by atoms with Crippen LogP contribution in [-0.2, 0) is 6.54 Å². The van der Waals surface area contributed by atoms with E-state index in [-0.39, 0.29) is 5.54 Å². The molecule has 0 saturated carbocycles. The summed E-state index contributed by atoms with van der Waals surface area (Å²) in [5.74, 6) is 1.03. The van der Waals surface area contributed by atoms with Gasteiger partial charge in [0.15, 0.2) is 0 Å².